The zero-order valence-corrected chi connectivity index (χ0v) is 15.4. The van der Waals surface area contributed by atoms with Crippen LogP contribution < -0.4 is 5.32 Å². The standard InChI is InChI=1S/C21H15FN2O3S/c22-17-9-5-15(6-10-17)13-24-20(25)19(16-7-3-14(12-23)4-8-16)27-21(26)18-2-1-11-28-18/h1-11,19H,13H2,(H,24,25). The fourth-order valence-corrected chi connectivity index (χ4v) is 3.05. The Labute approximate surface area is 165 Å². The molecule has 0 aliphatic carbocycles. The first-order valence-electron chi connectivity index (χ1n) is 8.33. The van der Waals surface area contributed by atoms with Gasteiger partial charge in [0.2, 0.25) is 6.10 Å². The number of esters is 1. The average Bonchev–Trinajstić information content (AvgIpc) is 3.26. The Kier molecular flexibility index (Phi) is 6.14. The van der Waals surface area contributed by atoms with Crippen molar-refractivity contribution in [2.45, 2.75) is 12.6 Å². The van der Waals surface area contributed by atoms with Gasteiger partial charge in [-0.25, -0.2) is 9.18 Å². The van der Waals surface area contributed by atoms with Crippen molar-refractivity contribution in [1.29, 1.82) is 5.26 Å². The Morgan fingerprint density at radius 1 is 1.11 bits per heavy atom. The highest BCUT2D eigenvalue weighted by Crippen LogP contribution is 2.22. The lowest BCUT2D eigenvalue weighted by molar-refractivity contribution is -0.130. The van der Waals surface area contributed by atoms with E-state index in [0.29, 0.717) is 21.6 Å². The molecule has 3 aromatic rings. The monoisotopic (exact) mass is 394 g/mol. The van der Waals surface area contributed by atoms with E-state index >= 15 is 0 Å². The molecule has 0 fully saturated rings. The molecule has 28 heavy (non-hydrogen) atoms. The summed E-state index contributed by atoms with van der Waals surface area (Å²) in [6.07, 6.45) is -1.18. The Morgan fingerprint density at radius 3 is 2.43 bits per heavy atom. The van der Waals surface area contributed by atoms with Crippen LogP contribution in [0.15, 0.2) is 66.0 Å². The first-order valence-corrected chi connectivity index (χ1v) is 9.21. The van der Waals surface area contributed by atoms with Crippen LogP contribution in [-0.2, 0) is 16.1 Å². The number of halogens is 1. The molecule has 5 nitrogen and oxygen atoms in total. The maximum absolute atomic E-state index is 13.0. The number of thiophene rings is 1. The topological polar surface area (TPSA) is 79.2 Å². The maximum Gasteiger partial charge on any atom is 0.349 e. The van der Waals surface area contributed by atoms with Gasteiger partial charge in [-0.05, 0) is 41.3 Å². The van der Waals surface area contributed by atoms with E-state index in [1.54, 1.807) is 53.9 Å². The van der Waals surface area contributed by atoms with Gasteiger partial charge in [-0.1, -0.05) is 30.3 Å². The first kappa shape index (κ1) is 19.3. The summed E-state index contributed by atoms with van der Waals surface area (Å²) in [5.41, 5.74) is 1.58. The molecular formula is C21H15FN2O3S. The van der Waals surface area contributed by atoms with Crippen molar-refractivity contribution in [2.75, 3.05) is 0 Å². The van der Waals surface area contributed by atoms with Crippen LogP contribution in [0.4, 0.5) is 4.39 Å². The SMILES string of the molecule is N#Cc1ccc(C(OC(=O)c2cccs2)C(=O)NCc2ccc(F)cc2)cc1. The van der Waals surface area contributed by atoms with Crippen molar-refractivity contribution < 1.29 is 18.7 Å². The van der Waals surface area contributed by atoms with E-state index in [1.807, 2.05) is 6.07 Å². The molecule has 0 aliphatic rings. The molecule has 1 amide bonds. The van der Waals surface area contributed by atoms with Gasteiger partial charge in [0.25, 0.3) is 5.91 Å². The summed E-state index contributed by atoms with van der Waals surface area (Å²) >= 11 is 1.21. The molecule has 0 saturated carbocycles. The van der Waals surface area contributed by atoms with Gasteiger partial charge in [-0.3, -0.25) is 4.79 Å². The third-order valence-corrected chi connectivity index (χ3v) is 4.76. The summed E-state index contributed by atoms with van der Waals surface area (Å²) < 4.78 is 18.4. The summed E-state index contributed by atoms with van der Waals surface area (Å²) in [7, 11) is 0. The Balaban J connectivity index is 1.77. The second-order valence-corrected chi connectivity index (χ2v) is 6.79. The van der Waals surface area contributed by atoms with E-state index in [4.69, 9.17) is 10.00 Å². The maximum atomic E-state index is 13.0. The van der Waals surface area contributed by atoms with Crippen LogP contribution in [0.25, 0.3) is 0 Å². The van der Waals surface area contributed by atoms with Gasteiger partial charge < -0.3 is 10.1 Å². The molecule has 0 radical (unpaired) electrons. The zero-order valence-electron chi connectivity index (χ0n) is 14.6. The van der Waals surface area contributed by atoms with Crippen LogP contribution in [-0.4, -0.2) is 11.9 Å². The van der Waals surface area contributed by atoms with E-state index in [9.17, 15) is 14.0 Å². The Hall–Kier alpha value is -3.50. The van der Waals surface area contributed by atoms with Crippen LogP contribution in [0.3, 0.4) is 0 Å². The lowest BCUT2D eigenvalue weighted by Crippen LogP contribution is -2.31. The van der Waals surface area contributed by atoms with Gasteiger partial charge in [0.05, 0.1) is 11.6 Å². The largest absolute Gasteiger partial charge is 0.443 e. The van der Waals surface area contributed by atoms with Gasteiger partial charge in [0.1, 0.15) is 10.7 Å². The Bertz CT molecular complexity index is 994. The summed E-state index contributed by atoms with van der Waals surface area (Å²) in [5, 5.41) is 13.4. The minimum Gasteiger partial charge on any atom is -0.443 e. The summed E-state index contributed by atoms with van der Waals surface area (Å²) in [6.45, 7) is 0.155. The van der Waals surface area contributed by atoms with Crippen molar-refractivity contribution in [2.24, 2.45) is 0 Å². The molecule has 1 atom stereocenters. The van der Waals surface area contributed by atoms with Crippen molar-refractivity contribution in [1.82, 2.24) is 5.32 Å². The highest BCUT2D eigenvalue weighted by atomic mass is 32.1. The molecule has 1 unspecified atom stereocenters. The number of carbonyl (C=O) groups is 2. The van der Waals surface area contributed by atoms with Crippen LogP contribution in [0.1, 0.15) is 32.5 Å². The van der Waals surface area contributed by atoms with E-state index in [0.717, 1.165) is 0 Å². The highest BCUT2D eigenvalue weighted by molar-refractivity contribution is 7.11. The van der Waals surface area contributed by atoms with Gasteiger partial charge in [0.15, 0.2) is 0 Å². The Morgan fingerprint density at radius 2 is 1.82 bits per heavy atom. The number of benzene rings is 2. The lowest BCUT2D eigenvalue weighted by atomic mass is 10.1. The molecule has 7 heteroatoms. The number of hydrogen-bond acceptors (Lipinski definition) is 5. The minimum absolute atomic E-state index is 0.155. The molecule has 0 aliphatic heterocycles. The highest BCUT2D eigenvalue weighted by Gasteiger charge is 2.26. The number of nitrogens with zero attached hydrogens (tertiary/aromatic N) is 1. The second kappa shape index (κ2) is 8.93. The van der Waals surface area contributed by atoms with Crippen molar-refractivity contribution >= 4 is 23.2 Å². The molecule has 1 heterocycles. The van der Waals surface area contributed by atoms with Gasteiger partial charge in [0, 0.05) is 12.1 Å². The molecule has 2 aromatic carbocycles. The van der Waals surface area contributed by atoms with Gasteiger partial charge in [-0.15, -0.1) is 11.3 Å². The quantitative estimate of drug-likeness (QED) is 0.642. The number of amides is 1. The summed E-state index contributed by atoms with van der Waals surface area (Å²) in [6, 6.07) is 17.3. The molecule has 1 N–H and O–H groups in total. The van der Waals surface area contributed by atoms with Gasteiger partial charge >= 0.3 is 5.97 Å². The average molecular weight is 394 g/mol. The number of carbonyl (C=O) groups excluding carboxylic acids is 2. The van der Waals surface area contributed by atoms with Crippen LogP contribution in [0.2, 0.25) is 0 Å². The van der Waals surface area contributed by atoms with E-state index in [1.165, 1.54) is 23.5 Å². The zero-order chi connectivity index (χ0) is 19.9. The number of rotatable bonds is 6. The molecule has 3 rings (SSSR count). The van der Waals surface area contributed by atoms with Crippen LogP contribution >= 0.6 is 11.3 Å². The predicted octanol–water partition coefficient (Wildman–Crippen LogP) is 3.97. The molecule has 0 bridgehead atoms. The molecular weight excluding hydrogens is 379 g/mol. The van der Waals surface area contributed by atoms with Crippen LogP contribution in [0, 0.1) is 17.1 Å². The molecule has 0 saturated heterocycles. The normalized spacial score (nSPS) is 11.3. The second-order valence-electron chi connectivity index (χ2n) is 5.84. The number of hydrogen-bond donors (Lipinski definition) is 1. The predicted molar refractivity (Wildman–Crippen MR) is 102 cm³/mol. The third-order valence-electron chi connectivity index (χ3n) is 3.91. The number of nitriles is 1. The number of nitrogens with one attached hydrogen (secondary N) is 1. The van der Waals surface area contributed by atoms with E-state index in [-0.39, 0.29) is 12.4 Å². The number of ether oxygens (including phenoxy) is 1. The molecule has 0 spiro atoms. The summed E-state index contributed by atoms with van der Waals surface area (Å²) in [5.74, 6) is -1.49. The van der Waals surface area contributed by atoms with Crippen molar-refractivity contribution in [3.8, 4) is 6.07 Å². The van der Waals surface area contributed by atoms with Crippen molar-refractivity contribution in [3.05, 3.63) is 93.4 Å². The molecule has 1 aromatic heterocycles. The first-order chi connectivity index (χ1) is 13.6. The minimum atomic E-state index is -1.18. The molecule has 140 valence electrons. The van der Waals surface area contributed by atoms with E-state index < -0.39 is 18.0 Å². The van der Waals surface area contributed by atoms with Crippen LogP contribution in [0.5, 0.6) is 0 Å². The smallest absolute Gasteiger partial charge is 0.349 e. The van der Waals surface area contributed by atoms with Crippen molar-refractivity contribution in [3.63, 3.8) is 0 Å². The third kappa shape index (κ3) is 4.81. The summed E-state index contributed by atoms with van der Waals surface area (Å²) in [4.78, 5) is 25.4. The fraction of sp³-hybridized carbons (Fsp3) is 0.0952. The fourth-order valence-electron chi connectivity index (χ4n) is 2.45. The van der Waals surface area contributed by atoms with Gasteiger partial charge in [-0.2, -0.15) is 5.26 Å². The van der Waals surface area contributed by atoms with E-state index in [2.05, 4.69) is 5.32 Å². The lowest BCUT2D eigenvalue weighted by Gasteiger charge is -2.18.